The summed E-state index contributed by atoms with van der Waals surface area (Å²) in [6, 6.07) is 5.89. The van der Waals surface area contributed by atoms with Gasteiger partial charge in [0, 0.05) is 41.9 Å². The maximum absolute atomic E-state index is 12.0. The molecule has 0 saturated carbocycles. The van der Waals surface area contributed by atoms with Gasteiger partial charge >= 0.3 is 11.9 Å². The van der Waals surface area contributed by atoms with Crippen LogP contribution in [0.2, 0.25) is 0 Å². The summed E-state index contributed by atoms with van der Waals surface area (Å²) in [5.41, 5.74) is 0.918. The number of hydrogen-bond donors (Lipinski definition) is 3. The van der Waals surface area contributed by atoms with E-state index in [1.807, 2.05) is 17.0 Å². The molecule has 0 aliphatic rings. The normalized spacial score (nSPS) is 11.6. The Morgan fingerprint density at radius 3 is 2.12 bits per heavy atom. The average Bonchev–Trinajstić information content (AvgIpc) is 2.58. The van der Waals surface area contributed by atoms with E-state index in [0.29, 0.717) is 29.7 Å². The first-order valence-corrected chi connectivity index (χ1v) is 9.65. The van der Waals surface area contributed by atoms with Crippen molar-refractivity contribution in [3.05, 3.63) is 24.3 Å². The summed E-state index contributed by atoms with van der Waals surface area (Å²) >= 11 is 12.4. The number of rotatable bonds is 11. The van der Waals surface area contributed by atoms with Crippen molar-refractivity contribution >= 4 is 57.8 Å². The van der Waals surface area contributed by atoms with Crippen LogP contribution >= 0.6 is 35.0 Å². The molecule has 0 heterocycles. The Labute approximate surface area is 165 Å². The van der Waals surface area contributed by atoms with Crippen LogP contribution < -0.4 is 10.2 Å². The predicted octanol–water partition coefficient (Wildman–Crippen LogP) is 3.09. The zero-order valence-electron chi connectivity index (χ0n) is 13.9. The largest absolute Gasteiger partial charge is 0.481 e. The van der Waals surface area contributed by atoms with E-state index in [0.717, 1.165) is 17.4 Å². The Morgan fingerprint density at radius 2 is 1.65 bits per heavy atom. The van der Waals surface area contributed by atoms with Gasteiger partial charge in [-0.1, -0.05) is 0 Å². The number of alkyl halides is 2. The third-order valence-electron chi connectivity index (χ3n) is 3.36. The summed E-state index contributed by atoms with van der Waals surface area (Å²) in [6.07, 6.45) is -0.519. The molecule has 26 heavy (non-hydrogen) atoms. The van der Waals surface area contributed by atoms with E-state index >= 15 is 0 Å². The van der Waals surface area contributed by atoms with Crippen LogP contribution in [0.4, 0.5) is 10.5 Å². The van der Waals surface area contributed by atoms with Crippen molar-refractivity contribution < 1.29 is 24.6 Å². The number of carbonyl (C=O) groups excluding carboxylic acids is 1. The van der Waals surface area contributed by atoms with Gasteiger partial charge in [-0.3, -0.25) is 9.59 Å². The van der Waals surface area contributed by atoms with E-state index < -0.39 is 23.2 Å². The first-order chi connectivity index (χ1) is 12.4. The molecule has 1 aromatic carbocycles. The van der Waals surface area contributed by atoms with Crippen LogP contribution in [0.25, 0.3) is 0 Å². The van der Waals surface area contributed by atoms with Gasteiger partial charge < -0.3 is 20.4 Å². The van der Waals surface area contributed by atoms with Crippen molar-refractivity contribution in [3.8, 4) is 0 Å². The fourth-order valence-corrected chi connectivity index (χ4v) is 3.20. The van der Waals surface area contributed by atoms with Crippen LogP contribution in [0.5, 0.6) is 0 Å². The highest BCUT2D eigenvalue weighted by Crippen LogP contribution is 2.23. The number of nitrogens with zero attached hydrogens (tertiary/aromatic N) is 1. The lowest BCUT2D eigenvalue weighted by Gasteiger charge is -2.23. The minimum Gasteiger partial charge on any atom is -0.481 e. The minimum atomic E-state index is -1.27. The fraction of sp³-hybridized carbons (Fsp3) is 0.438. The Balaban J connectivity index is 2.65. The van der Waals surface area contributed by atoms with E-state index in [1.54, 1.807) is 12.1 Å². The molecule has 1 amide bonds. The van der Waals surface area contributed by atoms with E-state index in [-0.39, 0.29) is 12.8 Å². The smallest absolute Gasteiger partial charge is 0.326 e. The number of aliphatic carboxylic acids is 2. The van der Waals surface area contributed by atoms with E-state index in [2.05, 4.69) is 5.32 Å². The standard InChI is InChI=1S/C16H20Cl2N2O5S/c17-7-9-20(10-8-18)11-1-3-12(4-2-11)26-16(25)19-13(15(23)24)5-6-14(21)22/h1-4,13H,5-10H2,(H,19,25)(H,21,22)(H,23,24)/t13-/m0/s1. The molecule has 0 radical (unpaired) electrons. The van der Waals surface area contributed by atoms with Gasteiger partial charge in [0.1, 0.15) is 6.04 Å². The van der Waals surface area contributed by atoms with Gasteiger partial charge in [0.25, 0.3) is 5.24 Å². The number of anilines is 1. The summed E-state index contributed by atoms with van der Waals surface area (Å²) in [4.78, 5) is 36.3. The molecule has 1 atom stereocenters. The molecule has 1 rings (SSSR count). The summed E-state index contributed by atoms with van der Waals surface area (Å²) in [7, 11) is 0. The molecule has 144 valence electrons. The van der Waals surface area contributed by atoms with Gasteiger partial charge in [-0.15, -0.1) is 23.2 Å². The minimum absolute atomic E-state index is 0.179. The maximum atomic E-state index is 12.0. The first-order valence-electron chi connectivity index (χ1n) is 7.77. The van der Waals surface area contributed by atoms with Gasteiger partial charge in [-0.05, 0) is 42.4 Å². The second-order valence-corrected chi connectivity index (χ2v) is 7.02. The quantitative estimate of drug-likeness (QED) is 0.371. The second-order valence-electron chi connectivity index (χ2n) is 5.22. The molecule has 0 aliphatic heterocycles. The van der Waals surface area contributed by atoms with Crippen molar-refractivity contribution in [2.45, 2.75) is 23.8 Å². The predicted molar refractivity (Wildman–Crippen MR) is 103 cm³/mol. The molecular formula is C16H20Cl2N2O5S. The molecule has 0 spiro atoms. The molecule has 10 heteroatoms. The van der Waals surface area contributed by atoms with Crippen molar-refractivity contribution in [2.75, 3.05) is 29.7 Å². The second kappa shape index (κ2) is 11.9. The molecule has 0 aromatic heterocycles. The molecular weight excluding hydrogens is 403 g/mol. The number of thioether (sulfide) groups is 1. The highest BCUT2D eigenvalue weighted by molar-refractivity contribution is 8.13. The molecule has 3 N–H and O–H groups in total. The average molecular weight is 423 g/mol. The first kappa shape index (κ1) is 22.4. The van der Waals surface area contributed by atoms with Gasteiger partial charge in [0.15, 0.2) is 0 Å². The van der Waals surface area contributed by atoms with E-state index in [4.69, 9.17) is 33.4 Å². The number of hydrogen-bond acceptors (Lipinski definition) is 5. The van der Waals surface area contributed by atoms with Crippen molar-refractivity contribution in [3.63, 3.8) is 0 Å². The molecule has 0 aliphatic carbocycles. The number of nitrogens with one attached hydrogen (secondary N) is 1. The molecule has 0 bridgehead atoms. The molecule has 0 unspecified atom stereocenters. The Hall–Kier alpha value is -1.64. The van der Waals surface area contributed by atoms with E-state index in [1.165, 1.54) is 0 Å². The number of carboxylic acid groups (broad SMARTS) is 2. The topological polar surface area (TPSA) is 107 Å². The number of halogens is 2. The highest BCUT2D eigenvalue weighted by atomic mass is 35.5. The summed E-state index contributed by atoms with van der Waals surface area (Å²) in [5.74, 6) is -1.47. The van der Waals surface area contributed by atoms with Crippen LogP contribution in [0, 0.1) is 0 Å². The Kier molecular flexibility index (Phi) is 10.2. The summed E-state index contributed by atoms with van der Waals surface area (Å²) in [6.45, 7) is 1.29. The Morgan fingerprint density at radius 1 is 1.08 bits per heavy atom. The summed E-state index contributed by atoms with van der Waals surface area (Å²) < 4.78 is 0. The lowest BCUT2D eigenvalue weighted by atomic mass is 10.1. The zero-order chi connectivity index (χ0) is 19.5. The molecule has 7 nitrogen and oxygen atoms in total. The lowest BCUT2D eigenvalue weighted by molar-refractivity contribution is -0.140. The van der Waals surface area contributed by atoms with Crippen LogP contribution in [0.1, 0.15) is 12.8 Å². The highest BCUT2D eigenvalue weighted by Gasteiger charge is 2.21. The third kappa shape index (κ3) is 8.16. The SMILES string of the molecule is O=C(O)CC[C@H](NC(=O)Sc1ccc(N(CCCl)CCCl)cc1)C(=O)O. The third-order valence-corrected chi connectivity index (χ3v) is 4.51. The van der Waals surface area contributed by atoms with Gasteiger partial charge in [-0.25, -0.2) is 4.79 Å². The number of benzene rings is 1. The monoisotopic (exact) mass is 422 g/mol. The number of amides is 1. The Bertz CT molecular complexity index is 609. The van der Waals surface area contributed by atoms with Gasteiger partial charge in [-0.2, -0.15) is 0 Å². The molecule has 1 aromatic rings. The van der Waals surface area contributed by atoms with Gasteiger partial charge in [0.2, 0.25) is 0 Å². The fourth-order valence-electron chi connectivity index (χ4n) is 2.10. The zero-order valence-corrected chi connectivity index (χ0v) is 16.2. The number of carboxylic acids is 2. The van der Waals surface area contributed by atoms with Crippen molar-refractivity contribution in [1.29, 1.82) is 0 Å². The number of carbonyl (C=O) groups is 3. The maximum Gasteiger partial charge on any atom is 0.326 e. The van der Waals surface area contributed by atoms with Crippen molar-refractivity contribution in [2.24, 2.45) is 0 Å². The van der Waals surface area contributed by atoms with Crippen LogP contribution in [-0.2, 0) is 9.59 Å². The van der Waals surface area contributed by atoms with E-state index in [9.17, 15) is 14.4 Å². The summed E-state index contributed by atoms with van der Waals surface area (Å²) in [5, 5.41) is 19.4. The molecule has 0 saturated heterocycles. The van der Waals surface area contributed by atoms with Crippen LogP contribution in [-0.4, -0.2) is 58.3 Å². The van der Waals surface area contributed by atoms with Crippen LogP contribution in [0.3, 0.4) is 0 Å². The van der Waals surface area contributed by atoms with Crippen LogP contribution in [0.15, 0.2) is 29.2 Å². The molecule has 0 fully saturated rings. The van der Waals surface area contributed by atoms with Gasteiger partial charge in [0.05, 0.1) is 0 Å². The lowest BCUT2D eigenvalue weighted by Crippen LogP contribution is -2.39. The van der Waals surface area contributed by atoms with Crippen molar-refractivity contribution in [1.82, 2.24) is 5.32 Å².